The lowest BCUT2D eigenvalue weighted by Crippen LogP contribution is -2.33. The van der Waals surface area contributed by atoms with E-state index >= 15 is 0 Å². The Morgan fingerprint density at radius 3 is 2.56 bits per heavy atom. The maximum absolute atomic E-state index is 11.1. The van der Waals surface area contributed by atoms with Crippen molar-refractivity contribution in [3.63, 3.8) is 0 Å². The smallest absolute Gasteiger partial charge is 0.147 e. The molecule has 0 spiro atoms. The number of nitrogens with two attached hydrogens (primary N) is 1. The summed E-state index contributed by atoms with van der Waals surface area (Å²) in [6.45, 7) is 1.87. The fourth-order valence-corrected chi connectivity index (χ4v) is 3.35. The van der Waals surface area contributed by atoms with Gasteiger partial charge in [0.1, 0.15) is 9.84 Å². The van der Waals surface area contributed by atoms with Crippen LogP contribution in [0.1, 0.15) is 25.3 Å². The van der Waals surface area contributed by atoms with Gasteiger partial charge in [0.25, 0.3) is 0 Å². The maximum Gasteiger partial charge on any atom is 0.147 e. The molecule has 6 heteroatoms. The van der Waals surface area contributed by atoms with Crippen molar-refractivity contribution in [2.24, 2.45) is 5.73 Å². The van der Waals surface area contributed by atoms with E-state index in [1.165, 1.54) is 6.26 Å². The molecule has 0 aliphatic rings. The minimum Gasteiger partial charge on any atom is -0.322 e. The molecule has 1 unspecified atom stereocenters. The second-order valence-corrected chi connectivity index (χ2v) is 8.36. The van der Waals surface area contributed by atoms with Crippen LogP contribution in [0, 0.1) is 0 Å². The molecule has 18 heavy (non-hydrogen) atoms. The van der Waals surface area contributed by atoms with Gasteiger partial charge in [0.15, 0.2) is 0 Å². The Labute approximate surface area is 122 Å². The van der Waals surface area contributed by atoms with E-state index in [1.54, 1.807) is 6.07 Å². The van der Waals surface area contributed by atoms with Crippen LogP contribution in [0.15, 0.2) is 22.7 Å². The zero-order valence-electron chi connectivity index (χ0n) is 10.4. The molecule has 0 amide bonds. The van der Waals surface area contributed by atoms with Gasteiger partial charge < -0.3 is 5.73 Å². The molecule has 0 aromatic heterocycles. The van der Waals surface area contributed by atoms with E-state index in [4.69, 9.17) is 17.3 Å². The number of rotatable bonds is 5. The summed E-state index contributed by atoms with van der Waals surface area (Å²) < 4.78 is 23.1. The Morgan fingerprint density at radius 2 is 2.06 bits per heavy atom. The number of sulfone groups is 1. The number of benzene rings is 1. The lowest BCUT2D eigenvalue weighted by atomic mass is 9.89. The average molecular weight is 355 g/mol. The highest BCUT2D eigenvalue weighted by atomic mass is 79.9. The lowest BCUT2D eigenvalue weighted by molar-refractivity contribution is 0.446. The fourth-order valence-electron chi connectivity index (χ4n) is 1.79. The minimum absolute atomic E-state index is 0.147. The summed E-state index contributed by atoms with van der Waals surface area (Å²) in [6, 6.07) is 5.54. The van der Waals surface area contributed by atoms with Gasteiger partial charge in [0.05, 0.1) is 0 Å². The molecule has 0 heterocycles. The molecule has 0 fully saturated rings. The zero-order valence-corrected chi connectivity index (χ0v) is 13.6. The number of halogens is 2. The topological polar surface area (TPSA) is 60.2 Å². The van der Waals surface area contributed by atoms with Crippen LogP contribution < -0.4 is 5.73 Å². The van der Waals surface area contributed by atoms with E-state index in [1.807, 2.05) is 19.1 Å². The quantitative estimate of drug-likeness (QED) is 0.884. The molecule has 1 atom stereocenters. The van der Waals surface area contributed by atoms with E-state index < -0.39 is 15.4 Å². The standard InChI is InChI=1S/C12H17BrClNO2S/c1-12(15,6-3-7-18(2,16)17)10-5-4-9(13)8-11(10)14/h4-5,8H,3,6-7,15H2,1-2H3. The Kier molecular flexibility index (Phi) is 5.23. The second-order valence-electron chi connectivity index (χ2n) is 4.78. The van der Waals surface area contributed by atoms with Crippen LogP contribution in [-0.4, -0.2) is 20.4 Å². The van der Waals surface area contributed by atoms with Gasteiger partial charge in [0.2, 0.25) is 0 Å². The Hall–Kier alpha value is -0.100. The first-order valence-corrected chi connectivity index (χ1v) is 8.77. The van der Waals surface area contributed by atoms with E-state index in [0.717, 1.165) is 10.0 Å². The molecule has 0 saturated heterocycles. The first-order valence-electron chi connectivity index (χ1n) is 5.54. The van der Waals surface area contributed by atoms with Crippen molar-refractivity contribution in [2.45, 2.75) is 25.3 Å². The summed E-state index contributed by atoms with van der Waals surface area (Å²) in [5.74, 6) is 0.147. The van der Waals surface area contributed by atoms with Gasteiger partial charge in [-0.15, -0.1) is 0 Å². The van der Waals surface area contributed by atoms with Gasteiger partial charge in [0, 0.05) is 27.0 Å². The van der Waals surface area contributed by atoms with Crippen molar-refractivity contribution in [3.8, 4) is 0 Å². The third-order valence-electron chi connectivity index (χ3n) is 2.76. The summed E-state index contributed by atoms with van der Waals surface area (Å²) in [4.78, 5) is 0. The Bertz CT molecular complexity index is 529. The molecule has 1 aromatic rings. The molecule has 0 radical (unpaired) electrons. The van der Waals surface area contributed by atoms with Crippen molar-refractivity contribution in [1.29, 1.82) is 0 Å². The molecule has 0 aliphatic carbocycles. The van der Waals surface area contributed by atoms with E-state index in [9.17, 15) is 8.42 Å². The van der Waals surface area contributed by atoms with Crippen molar-refractivity contribution in [2.75, 3.05) is 12.0 Å². The minimum atomic E-state index is -2.94. The average Bonchev–Trinajstić information content (AvgIpc) is 2.13. The van der Waals surface area contributed by atoms with Crippen molar-refractivity contribution in [3.05, 3.63) is 33.3 Å². The van der Waals surface area contributed by atoms with Crippen LogP contribution in [0.2, 0.25) is 5.02 Å². The lowest BCUT2D eigenvalue weighted by Gasteiger charge is -2.26. The van der Waals surface area contributed by atoms with E-state index in [2.05, 4.69) is 15.9 Å². The van der Waals surface area contributed by atoms with Gasteiger partial charge in [-0.25, -0.2) is 8.42 Å². The van der Waals surface area contributed by atoms with Crippen LogP contribution >= 0.6 is 27.5 Å². The molecule has 1 rings (SSSR count). The predicted octanol–water partition coefficient (Wildman–Crippen LogP) is 3.10. The van der Waals surface area contributed by atoms with Gasteiger partial charge in [-0.05, 0) is 37.5 Å². The monoisotopic (exact) mass is 353 g/mol. The molecule has 3 nitrogen and oxygen atoms in total. The summed E-state index contributed by atoms with van der Waals surface area (Å²) in [5, 5.41) is 0.591. The van der Waals surface area contributed by atoms with Crippen molar-refractivity contribution >= 4 is 37.4 Å². The molecule has 2 N–H and O–H groups in total. The summed E-state index contributed by atoms with van der Waals surface area (Å²) in [6.07, 6.45) is 2.33. The summed E-state index contributed by atoms with van der Waals surface area (Å²) in [5.41, 5.74) is 6.44. The molecule has 0 aliphatic heterocycles. The van der Waals surface area contributed by atoms with Gasteiger partial charge in [-0.2, -0.15) is 0 Å². The summed E-state index contributed by atoms with van der Waals surface area (Å²) >= 11 is 9.49. The fraction of sp³-hybridized carbons (Fsp3) is 0.500. The SMILES string of the molecule is CC(N)(CCCS(C)(=O)=O)c1ccc(Br)cc1Cl. The summed E-state index contributed by atoms with van der Waals surface area (Å²) in [7, 11) is -2.94. The third-order valence-corrected chi connectivity index (χ3v) is 4.59. The highest BCUT2D eigenvalue weighted by Gasteiger charge is 2.24. The predicted molar refractivity (Wildman–Crippen MR) is 79.6 cm³/mol. The van der Waals surface area contributed by atoms with Crippen molar-refractivity contribution in [1.82, 2.24) is 0 Å². The largest absolute Gasteiger partial charge is 0.322 e. The normalized spacial score (nSPS) is 15.4. The maximum atomic E-state index is 11.1. The van der Waals surface area contributed by atoms with Crippen LogP contribution in [0.25, 0.3) is 0 Å². The Balaban J connectivity index is 2.79. The van der Waals surface area contributed by atoms with Crippen LogP contribution in [-0.2, 0) is 15.4 Å². The van der Waals surface area contributed by atoms with Crippen LogP contribution in [0.4, 0.5) is 0 Å². The Morgan fingerprint density at radius 1 is 1.44 bits per heavy atom. The molecule has 0 saturated carbocycles. The van der Waals surface area contributed by atoms with Gasteiger partial charge in [-0.1, -0.05) is 33.6 Å². The first-order chi connectivity index (χ1) is 8.12. The third kappa shape index (κ3) is 4.88. The second kappa shape index (κ2) is 5.90. The molecule has 1 aromatic carbocycles. The highest BCUT2D eigenvalue weighted by Crippen LogP contribution is 2.31. The van der Waals surface area contributed by atoms with Gasteiger partial charge >= 0.3 is 0 Å². The number of hydrogen-bond donors (Lipinski definition) is 1. The molecule has 102 valence electrons. The molecule has 0 bridgehead atoms. The highest BCUT2D eigenvalue weighted by molar-refractivity contribution is 9.10. The van der Waals surface area contributed by atoms with Crippen molar-refractivity contribution < 1.29 is 8.42 Å². The van der Waals surface area contributed by atoms with Crippen LogP contribution in [0.3, 0.4) is 0 Å². The molecular formula is C12H17BrClNO2S. The van der Waals surface area contributed by atoms with E-state index in [0.29, 0.717) is 17.9 Å². The van der Waals surface area contributed by atoms with Gasteiger partial charge in [-0.3, -0.25) is 0 Å². The number of hydrogen-bond acceptors (Lipinski definition) is 3. The first kappa shape index (κ1) is 16.0. The van der Waals surface area contributed by atoms with Crippen LogP contribution in [0.5, 0.6) is 0 Å². The zero-order chi connectivity index (χ0) is 14.0. The molecular weight excluding hydrogens is 338 g/mol. The van der Waals surface area contributed by atoms with E-state index in [-0.39, 0.29) is 5.75 Å².